The second-order valence-corrected chi connectivity index (χ2v) is 11.0. The van der Waals surface area contributed by atoms with E-state index in [9.17, 15) is 13.2 Å². The first-order chi connectivity index (χ1) is 14.7. The van der Waals surface area contributed by atoms with Crippen molar-refractivity contribution in [1.29, 1.82) is 0 Å². The van der Waals surface area contributed by atoms with E-state index >= 15 is 0 Å². The zero-order chi connectivity index (χ0) is 22.1. The monoisotopic (exact) mass is 442 g/mol. The van der Waals surface area contributed by atoms with Gasteiger partial charge in [0.25, 0.3) is 0 Å². The highest BCUT2D eigenvalue weighted by molar-refractivity contribution is 7.88. The van der Waals surface area contributed by atoms with Crippen LogP contribution in [0.3, 0.4) is 0 Å². The number of hydrogen-bond donors (Lipinski definition) is 1. The lowest BCUT2D eigenvalue weighted by molar-refractivity contribution is 0.0807. The fourth-order valence-electron chi connectivity index (χ4n) is 4.17. The van der Waals surface area contributed by atoms with Gasteiger partial charge in [0.05, 0.1) is 18.9 Å². The summed E-state index contributed by atoms with van der Waals surface area (Å²) in [6.07, 6.45) is 4.09. The molecule has 0 radical (unpaired) electrons. The van der Waals surface area contributed by atoms with Crippen molar-refractivity contribution in [3.63, 3.8) is 0 Å². The van der Waals surface area contributed by atoms with E-state index in [-0.39, 0.29) is 23.6 Å². The standard InChI is InChI=1S/C24H30N2O4S/c1-24(12-13-24)17-30-23(27)26-14-11-21(25-31(2,28)29)22(26)16-18-7-6-10-20(15-18)19-8-4-3-5-9-19/h3-10,15,21-22,25H,11-14,16-17H2,1-2H3/t21-,22-/m1/s1. The maximum atomic E-state index is 12.8. The van der Waals surface area contributed by atoms with Crippen molar-refractivity contribution in [3.05, 3.63) is 60.2 Å². The average molecular weight is 443 g/mol. The molecule has 31 heavy (non-hydrogen) atoms. The van der Waals surface area contributed by atoms with Gasteiger partial charge in [-0.15, -0.1) is 0 Å². The molecule has 2 aromatic rings. The van der Waals surface area contributed by atoms with E-state index in [1.54, 1.807) is 4.90 Å². The first-order valence-corrected chi connectivity index (χ1v) is 12.7. The highest BCUT2D eigenvalue weighted by atomic mass is 32.2. The van der Waals surface area contributed by atoms with E-state index in [2.05, 4.69) is 35.9 Å². The van der Waals surface area contributed by atoms with Gasteiger partial charge in [-0.25, -0.2) is 17.9 Å². The van der Waals surface area contributed by atoms with Crippen LogP contribution in [0.2, 0.25) is 0 Å². The molecule has 4 rings (SSSR count). The number of hydrogen-bond acceptors (Lipinski definition) is 4. The minimum atomic E-state index is -3.39. The Kier molecular flexibility index (Phi) is 6.08. The summed E-state index contributed by atoms with van der Waals surface area (Å²) in [6, 6.07) is 17.7. The van der Waals surface area contributed by atoms with Crippen LogP contribution < -0.4 is 4.72 Å². The van der Waals surface area contributed by atoms with Crippen LogP contribution in [-0.4, -0.2) is 50.9 Å². The number of nitrogens with zero attached hydrogens (tertiary/aromatic N) is 1. The molecular formula is C24H30N2O4S. The average Bonchev–Trinajstić information content (AvgIpc) is 3.36. The number of likely N-dealkylation sites (tertiary alicyclic amines) is 1. The van der Waals surface area contributed by atoms with Crippen LogP contribution in [0.4, 0.5) is 4.79 Å². The SMILES string of the molecule is CC1(COC(=O)N2CC[C@@H](NS(C)(=O)=O)[C@H]2Cc2cccc(-c3ccccc3)c2)CC1. The molecule has 1 aliphatic carbocycles. The lowest BCUT2D eigenvalue weighted by Gasteiger charge is -2.28. The largest absolute Gasteiger partial charge is 0.449 e. The fraction of sp³-hybridized carbons (Fsp3) is 0.458. The molecule has 0 aromatic heterocycles. The molecule has 2 fully saturated rings. The topological polar surface area (TPSA) is 75.7 Å². The van der Waals surface area contributed by atoms with Crippen molar-refractivity contribution in [3.8, 4) is 11.1 Å². The molecule has 1 aliphatic heterocycles. The van der Waals surface area contributed by atoms with Crippen molar-refractivity contribution in [2.75, 3.05) is 19.4 Å². The third kappa shape index (κ3) is 5.66. The molecule has 6 nitrogen and oxygen atoms in total. The Balaban J connectivity index is 1.54. The molecule has 2 aromatic carbocycles. The first kappa shape index (κ1) is 21.8. The van der Waals surface area contributed by atoms with E-state index in [4.69, 9.17) is 4.74 Å². The highest BCUT2D eigenvalue weighted by Gasteiger charge is 2.42. The van der Waals surface area contributed by atoms with Crippen LogP contribution >= 0.6 is 0 Å². The molecule has 166 valence electrons. The van der Waals surface area contributed by atoms with Crippen LogP contribution in [-0.2, 0) is 21.2 Å². The first-order valence-electron chi connectivity index (χ1n) is 10.8. The third-order valence-electron chi connectivity index (χ3n) is 6.27. The van der Waals surface area contributed by atoms with Crippen molar-refractivity contribution >= 4 is 16.1 Å². The quantitative estimate of drug-likeness (QED) is 0.707. The highest BCUT2D eigenvalue weighted by Crippen LogP contribution is 2.45. The summed E-state index contributed by atoms with van der Waals surface area (Å²) in [4.78, 5) is 14.5. The van der Waals surface area contributed by atoms with Crippen molar-refractivity contribution < 1.29 is 17.9 Å². The molecule has 7 heteroatoms. The Bertz CT molecular complexity index is 1030. The molecule has 1 saturated carbocycles. The second-order valence-electron chi connectivity index (χ2n) is 9.18. The van der Waals surface area contributed by atoms with Crippen molar-refractivity contribution in [1.82, 2.24) is 9.62 Å². The molecule has 1 amide bonds. The molecule has 2 atom stereocenters. The smallest absolute Gasteiger partial charge is 0.410 e. The van der Waals surface area contributed by atoms with Gasteiger partial charge < -0.3 is 9.64 Å². The molecule has 1 N–H and O–H groups in total. The lowest BCUT2D eigenvalue weighted by Crippen LogP contribution is -2.48. The van der Waals surface area contributed by atoms with Crippen molar-refractivity contribution in [2.45, 2.75) is 44.7 Å². The van der Waals surface area contributed by atoms with Crippen LogP contribution in [0.5, 0.6) is 0 Å². The molecule has 0 unspecified atom stereocenters. The van der Waals surface area contributed by atoms with E-state index in [0.717, 1.165) is 35.8 Å². The minimum absolute atomic E-state index is 0.110. The Morgan fingerprint density at radius 3 is 2.52 bits per heavy atom. The number of sulfonamides is 1. The van der Waals surface area contributed by atoms with E-state index in [1.165, 1.54) is 0 Å². The normalized spacial score (nSPS) is 22.3. The Labute approximate surface area is 184 Å². The second kappa shape index (κ2) is 8.63. The van der Waals surface area contributed by atoms with Gasteiger partial charge in [0.1, 0.15) is 0 Å². The lowest BCUT2D eigenvalue weighted by atomic mass is 9.97. The van der Waals surface area contributed by atoms with Crippen LogP contribution in [0.15, 0.2) is 54.6 Å². The predicted octanol–water partition coefficient (Wildman–Crippen LogP) is 3.82. The van der Waals surface area contributed by atoms with E-state index in [0.29, 0.717) is 26.0 Å². The summed E-state index contributed by atoms with van der Waals surface area (Å²) in [6.45, 7) is 3.01. The number of carbonyl (C=O) groups is 1. The predicted molar refractivity (Wildman–Crippen MR) is 121 cm³/mol. The van der Waals surface area contributed by atoms with Crippen LogP contribution in [0.25, 0.3) is 11.1 Å². The third-order valence-corrected chi connectivity index (χ3v) is 7.00. The summed E-state index contributed by atoms with van der Waals surface area (Å²) in [5.74, 6) is 0. The Morgan fingerprint density at radius 2 is 1.84 bits per heavy atom. The Hall–Kier alpha value is -2.38. The van der Waals surface area contributed by atoms with Gasteiger partial charge in [0.2, 0.25) is 10.0 Å². The van der Waals surface area contributed by atoms with Crippen LogP contribution in [0.1, 0.15) is 31.7 Å². The number of benzene rings is 2. The van der Waals surface area contributed by atoms with Gasteiger partial charge in [-0.1, -0.05) is 61.5 Å². The van der Waals surface area contributed by atoms with Gasteiger partial charge >= 0.3 is 6.09 Å². The molecule has 2 aliphatic rings. The Morgan fingerprint density at radius 1 is 1.13 bits per heavy atom. The summed E-state index contributed by atoms with van der Waals surface area (Å²) < 4.78 is 32.2. The zero-order valence-corrected chi connectivity index (χ0v) is 18.9. The van der Waals surface area contributed by atoms with Crippen molar-refractivity contribution in [2.24, 2.45) is 5.41 Å². The number of ether oxygens (including phenoxy) is 1. The summed E-state index contributed by atoms with van der Waals surface area (Å²) in [5, 5.41) is 0. The summed E-state index contributed by atoms with van der Waals surface area (Å²) in [7, 11) is -3.39. The van der Waals surface area contributed by atoms with Gasteiger partial charge in [-0.2, -0.15) is 0 Å². The molecule has 1 saturated heterocycles. The molecular weight excluding hydrogens is 412 g/mol. The number of nitrogens with one attached hydrogen (secondary N) is 1. The minimum Gasteiger partial charge on any atom is -0.449 e. The van der Waals surface area contributed by atoms with Crippen LogP contribution in [0, 0.1) is 5.41 Å². The van der Waals surface area contributed by atoms with E-state index < -0.39 is 10.0 Å². The van der Waals surface area contributed by atoms with Gasteiger partial charge in [-0.3, -0.25) is 0 Å². The number of amides is 1. The molecule has 0 bridgehead atoms. The molecule has 0 spiro atoms. The van der Waals surface area contributed by atoms with Gasteiger partial charge in [-0.05, 0) is 42.4 Å². The molecule has 1 heterocycles. The van der Waals surface area contributed by atoms with Gasteiger partial charge in [0, 0.05) is 18.0 Å². The summed E-state index contributed by atoms with van der Waals surface area (Å²) in [5.41, 5.74) is 3.38. The maximum Gasteiger partial charge on any atom is 0.410 e. The van der Waals surface area contributed by atoms with Gasteiger partial charge in [0.15, 0.2) is 0 Å². The number of rotatable bonds is 7. The zero-order valence-electron chi connectivity index (χ0n) is 18.1. The maximum absolute atomic E-state index is 12.8. The fourth-order valence-corrected chi connectivity index (χ4v) is 5.00. The summed E-state index contributed by atoms with van der Waals surface area (Å²) >= 11 is 0. The number of carbonyl (C=O) groups excluding carboxylic acids is 1. The van der Waals surface area contributed by atoms with E-state index in [1.807, 2.05) is 30.3 Å².